The lowest BCUT2D eigenvalue weighted by Gasteiger charge is -2.28. The van der Waals surface area contributed by atoms with E-state index in [1.165, 1.54) is 25.9 Å². The lowest BCUT2D eigenvalue weighted by molar-refractivity contribution is 0.222. The molecule has 0 atom stereocenters. The Morgan fingerprint density at radius 2 is 2.00 bits per heavy atom. The van der Waals surface area contributed by atoms with Crippen molar-refractivity contribution in [1.82, 2.24) is 4.90 Å². The molecule has 1 nitrogen and oxygen atoms in total. The lowest BCUT2D eigenvalue weighted by atomic mass is 10.00. The van der Waals surface area contributed by atoms with Crippen LogP contribution in [-0.2, 0) is 0 Å². The van der Waals surface area contributed by atoms with E-state index in [0.29, 0.717) is 0 Å². The molecule has 0 aromatic carbocycles. The highest BCUT2D eigenvalue weighted by atomic mass is 32.1. The van der Waals surface area contributed by atoms with Gasteiger partial charge in [0.05, 0.1) is 0 Å². The summed E-state index contributed by atoms with van der Waals surface area (Å²) in [6.45, 7) is 4.84. The molecule has 1 rings (SSSR count). The highest BCUT2D eigenvalue weighted by Crippen LogP contribution is 2.15. The summed E-state index contributed by atoms with van der Waals surface area (Å²) < 4.78 is 0. The summed E-state index contributed by atoms with van der Waals surface area (Å²) >= 11 is 4.22. The zero-order valence-electron chi connectivity index (χ0n) is 6.01. The fourth-order valence-corrected chi connectivity index (χ4v) is 1.49. The van der Waals surface area contributed by atoms with Gasteiger partial charge in [-0.05, 0) is 31.8 Å². The fraction of sp³-hybridized carbons (Fsp3) is 1.00. The highest BCUT2D eigenvalue weighted by Gasteiger charge is 2.13. The number of nitrogens with zero attached hydrogens (tertiary/aromatic N) is 1. The molecule has 1 aliphatic rings. The molecular weight excluding hydrogens is 130 g/mol. The van der Waals surface area contributed by atoms with Crippen molar-refractivity contribution in [2.45, 2.75) is 19.8 Å². The fourth-order valence-electron chi connectivity index (χ4n) is 1.20. The van der Waals surface area contributed by atoms with Crippen LogP contribution in [0.2, 0.25) is 0 Å². The van der Waals surface area contributed by atoms with Gasteiger partial charge >= 0.3 is 0 Å². The lowest BCUT2D eigenvalue weighted by Crippen LogP contribution is -2.31. The van der Waals surface area contributed by atoms with Gasteiger partial charge in [-0.2, -0.15) is 12.6 Å². The molecule has 1 saturated heterocycles. The number of thiol groups is 1. The second kappa shape index (κ2) is 3.47. The molecule has 2 heteroatoms. The largest absolute Gasteiger partial charge is 0.294 e. The zero-order chi connectivity index (χ0) is 6.69. The minimum atomic E-state index is 0.937. The first-order chi connectivity index (χ1) is 4.33. The Kier molecular flexibility index (Phi) is 2.86. The van der Waals surface area contributed by atoms with Gasteiger partial charge in [-0.1, -0.05) is 6.92 Å². The van der Waals surface area contributed by atoms with Crippen LogP contribution in [0, 0.1) is 5.92 Å². The maximum absolute atomic E-state index is 4.22. The van der Waals surface area contributed by atoms with Crippen LogP contribution in [0.15, 0.2) is 0 Å². The number of rotatable bonds is 1. The molecule has 0 spiro atoms. The Labute approximate surface area is 62.8 Å². The first-order valence-corrected chi connectivity index (χ1v) is 4.29. The Balaban J connectivity index is 2.18. The molecule has 0 aromatic rings. The molecule has 0 N–H and O–H groups in total. The van der Waals surface area contributed by atoms with Crippen molar-refractivity contribution >= 4 is 12.6 Å². The normalized spacial score (nSPS) is 24.7. The standard InChI is InChI=1S/C7H15NS/c1-7-2-4-8(6-9)5-3-7/h7,9H,2-6H2,1H3. The van der Waals surface area contributed by atoms with Gasteiger partial charge in [-0.25, -0.2) is 0 Å². The summed E-state index contributed by atoms with van der Waals surface area (Å²) in [5.41, 5.74) is 0. The zero-order valence-corrected chi connectivity index (χ0v) is 6.90. The maximum Gasteiger partial charge on any atom is 0.0414 e. The summed E-state index contributed by atoms with van der Waals surface area (Å²) in [5.74, 6) is 1.88. The monoisotopic (exact) mass is 145 g/mol. The van der Waals surface area contributed by atoms with Crippen LogP contribution in [-0.4, -0.2) is 23.9 Å². The van der Waals surface area contributed by atoms with Gasteiger partial charge in [0, 0.05) is 5.88 Å². The van der Waals surface area contributed by atoms with Crippen LogP contribution in [0.5, 0.6) is 0 Å². The average molecular weight is 145 g/mol. The Hall–Kier alpha value is 0.310. The summed E-state index contributed by atoms with van der Waals surface area (Å²) in [7, 11) is 0. The third kappa shape index (κ3) is 2.18. The third-order valence-electron chi connectivity index (χ3n) is 2.08. The minimum absolute atomic E-state index is 0.937. The van der Waals surface area contributed by atoms with Crippen LogP contribution >= 0.6 is 12.6 Å². The molecule has 1 aliphatic heterocycles. The number of piperidine rings is 1. The van der Waals surface area contributed by atoms with Crippen LogP contribution in [0.4, 0.5) is 0 Å². The van der Waals surface area contributed by atoms with Crippen molar-refractivity contribution in [1.29, 1.82) is 0 Å². The molecule has 0 bridgehead atoms. The molecule has 0 unspecified atom stereocenters. The number of hydrogen-bond donors (Lipinski definition) is 1. The second-order valence-electron chi connectivity index (χ2n) is 2.94. The molecule has 0 saturated carbocycles. The van der Waals surface area contributed by atoms with Gasteiger partial charge < -0.3 is 0 Å². The molecule has 54 valence electrons. The molecule has 0 amide bonds. The molecule has 0 aliphatic carbocycles. The van der Waals surface area contributed by atoms with Crippen molar-refractivity contribution in [3.8, 4) is 0 Å². The molecular formula is C7H15NS. The Bertz CT molecular complexity index is 77.0. The van der Waals surface area contributed by atoms with Crippen molar-refractivity contribution in [2.75, 3.05) is 19.0 Å². The van der Waals surface area contributed by atoms with Crippen LogP contribution < -0.4 is 0 Å². The predicted octanol–water partition coefficient (Wildman–Crippen LogP) is 1.61. The van der Waals surface area contributed by atoms with E-state index in [2.05, 4.69) is 24.5 Å². The van der Waals surface area contributed by atoms with E-state index in [0.717, 1.165) is 11.8 Å². The summed E-state index contributed by atoms with van der Waals surface area (Å²) in [4.78, 5) is 2.39. The van der Waals surface area contributed by atoms with E-state index in [1.54, 1.807) is 0 Å². The molecule has 1 fully saturated rings. The Morgan fingerprint density at radius 3 is 2.44 bits per heavy atom. The van der Waals surface area contributed by atoms with E-state index in [4.69, 9.17) is 0 Å². The van der Waals surface area contributed by atoms with Crippen LogP contribution in [0.25, 0.3) is 0 Å². The van der Waals surface area contributed by atoms with Gasteiger partial charge in [0.1, 0.15) is 0 Å². The first-order valence-electron chi connectivity index (χ1n) is 3.66. The van der Waals surface area contributed by atoms with Gasteiger partial charge in [-0.15, -0.1) is 0 Å². The second-order valence-corrected chi connectivity index (χ2v) is 3.22. The topological polar surface area (TPSA) is 3.24 Å². The number of likely N-dealkylation sites (tertiary alicyclic amines) is 1. The van der Waals surface area contributed by atoms with Gasteiger partial charge in [0.2, 0.25) is 0 Å². The number of hydrogen-bond acceptors (Lipinski definition) is 2. The van der Waals surface area contributed by atoms with Crippen molar-refractivity contribution in [3.05, 3.63) is 0 Å². The summed E-state index contributed by atoms with van der Waals surface area (Å²) in [5, 5.41) is 0. The predicted molar refractivity (Wildman–Crippen MR) is 43.8 cm³/mol. The quantitative estimate of drug-likeness (QED) is 0.549. The summed E-state index contributed by atoms with van der Waals surface area (Å²) in [6, 6.07) is 0. The van der Waals surface area contributed by atoms with Crippen molar-refractivity contribution in [2.24, 2.45) is 5.92 Å². The average Bonchev–Trinajstić information content (AvgIpc) is 1.90. The van der Waals surface area contributed by atoms with Crippen molar-refractivity contribution in [3.63, 3.8) is 0 Å². The molecule has 0 radical (unpaired) electrons. The third-order valence-corrected chi connectivity index (χ3v) is 2.48. The van der Waals surface area contributed by atoms with E-state index < -0.39 is 0 Å². The van der Waals surface area contributed by atoms with Crippen molar-refractivity contribution < 1.29 is 0 Å². The van der Waals surface area contributed by atoms with E-state index in [1.807, 2.05) is 0 Å². The smallest absolute Gasteiger partial charge is 0.0414 e. The van der Waals surface area contributed by atoms with Gasteiger partial charge in [0.25, 0.3) is 0 Å². The van der Waals surface area contributed by atoms with Crippen LogP contribution in [0.1, 0.15) is 19.8 Å². The molecule has 0 aromatic heterocycles. The Morgan fingerprint density at radius 1 is 1.44 bits per heavy atom. The van der Waals surface area contributed by atoms with Crippen LogP contribution in [0.3, 0.4) is 0 Å². The summed E-state index contributed by atoms with van der Waals surface area (Å²) in [6.07, 6.45) is 2.72. The maximum atomic E-state index is 4.22. The molecule has 9 heavy (non-hydrogen) atoms. The SMILES string of the molecule is CC1CCN(CS)CC1. The van der Waals surface area contributed by atoms with E-state index in [-0.39, 0.29) is 0 Å². The highest BCUT2D eigenvalue weighted by molar-refractivity contribution is 7.80. The van der Waals surface area contributed by atoms with E-state index in [9.17, 15) is 0 Å². The first kappa shape index (κ1) is 7.42. The van der Waals surface area contributed by atoms with Gasteiger partial charge in [0.15, 0.2) is 0 Å². The van der Waals surface area contributed by atoms with Gasteiger partial charge in [-0.3, -0.25) is 4.90 Å². The minimum Gasteiger partial charge on any atom is -0.294 e. The van der Waals surface area contributed by atoms with E-state index >= 15 is 0 Å². The molecule has 1 heterocycles.